The molecule has 1 heterocycles. The predicted molar refractivity (Wildman–Crippen MR) is 113 cm³/mol. The second kappa shape index (κ2) is 11.5. The Labute approximate surface area is 177 Å². The van der Waals surface area contributed by atoms with Crippen LogP contribution in [0.15, 0.2) is 28.3 Å². The summed E-state index contributed by atoms with van der Waals surface area (Å²) in [5, 5.41) is 5.38. The van der Waals surface area contributed by atoms with Crippen LogP contribution >= 0.6 is 11.8 Å². The van der Waals surface area contributed by atoms with E-state index in [0.29, 0.717) is 11.6 Å². The molecule has 1 aromatic heterocycles. The lowest BCUT2D eigenvalue weighted by Crippen LogP contribution is -2.40. The highest BCUT2D eigenvalue weighted by Gasteiger charge is 2.29. The highest BCUT2D eigenvalue weighted by Crippen LogP contribution is 2.26. The molecule has 1 aliphatic rings. The Balaban J connectivity index is 1.86. The monoisotopic (exact) mass is 442 g/mol. The molecular formula is C19H30N4O4S2. The van der Waals surface area contributed by atoms with Crippen LogP contribution in [0.2, 0.25) is 0 Å². The van der Waals surface area contributed by atoms with Crippen LogP contribution in [-0.2, 0) is 14.8 Å². The SMILES string of the molecule is CCCCNC(=O)NC(=O)CSc1ccc(S(=O)(=O)N(C)C2CCCCC2)cn1. The van der Waals surface area contributed by atoms with Crippen LogP contribution < -0.4 is 10.6 Å². The van der Waals surface area contributed by atoms with Crippen LogP contribution in [0, 0.1) is 0 Å². The number of amides is 3. The number of aromatic nitrogens is 1. The van der Waals surface area contributed by atoms with E-state index in [4.69, 9.17) is 0 Å². The van der Waals surface area contributed by atoms with Crippen LogP contribution in [0.25, 0.3) is 0 Å². The Hall–Kier alpha value is -1.65. The van der Waals surface area contributed by atoms with Gasteiger partial charge in [-0.05, 0) is 31.4 Å². The van der Waals surface area contributed by atoms with Crippen molar-refractivity contribution in [1.82, 2.24) is 19.9 Å². The summed E-state index contributed by atoms with van der Waals surface area (Å²) in [7, 11) is -1.96. The number of pyridine rings is 1. The van der Waals surface area contributed by atoms with Crippen molar-refractivity contribution in [2.45, 2.75) is 67.8 Å². The van der Waals surface area contributed by atoms with Crippen molar-refractivity contribution >= 4 is 33.7 Å². The van der Waals surface area contributed by atoms with Gasteiger partial charge in [-0.15, -0.1) is 0 Å². The summed E-state index contributed by atoms with van der Waals surface area (Å²) in [6, 6.07) is 2.62. The second-order valence-electron chi connectivity index (χ2n) is 7.09. The molecule has 0 atom stereocenters. The van der Waals surface area contributed by atoms with Crippen molar-refractivity contribution in [2.75, 3.05) is 19.3 Å². The zero-order valence-corrected chi connectivity index (χ0v) is 18.7. The van der Waals surface area contributed by atoms with E-state index in [0.717, 1.165) is 56.7 Å². The summed E-state index contributed by atoms with van der Waals surface area (Å²) in [5.41, 5.74) is 0. The molecule has 1 saturated carbocycles. The van der Waals surface area contributed by atoms with Gasteiger partial charge in [0.25, 0.3) is 0 Å². The summed E-state index contributed by atoms with van der Waals surface area (Å²) in [6.07, 6.45) is 8.17. The largest absolute Gasteiger partial charge is 0.338 e. The van der Waals surface area contributed by atoms with Crippen LogP contribution in [0.5, 0.6) is 0 Å². The second-order valence-corrected chi connectivity index (χ2v) is 10.1. The number of hydrogen-bond acceptors (Lipinski definition) is 6. The molecule has 1 aliphatic carbocycles. The van der Waals surface area contributed by atoms with Crippen molar-refractivity contribution in [3.05, 3.63) is 18.3 Å². The molecule has 29 heavy (non-hydrogen) atoms. The fourth-order valence-corrected chi connectivity index (χ4v) is 5.14. The van der Waals surface area contributed by atoms with E-state index in [2.05, 4.69) is 15.6 Å². The van der Waals surface area contributed by atoms with Gasteiger partial charge in [0.2, 0.25) is 15.9 Å². The molecule has 0 saturated heterocycles. The first-order valence-corrected chi connectivity index (χ1v) is 12.4. The number of nitrogens with one attached hydrogen (secondary N) is 2. The Morgan fingerprint density at radius 3 is 2.59 bits per heavy atom. The number of thioether (sulfide) groups is 1. The van der Waals surface area contributed by atoms with Gasteiger partial charge in [0.1, 0.15) is 4.90 Å². The lowest BCUT2D eigenvalue weighted by molar-refractivity contribution is -0.117. The van der Waals surface area contributed by atoms with Gasteiger partial charge in [0.05, 0.1) is 10.8 Å². The standard InChI is InChI=1S/C19H30N4O4S2/c1-3-4-12-20-19(25)22-17(24)14-28-18-11-10-16(13-21-18)29(26,27)23(2)15-8-6-5-7-9-15/h10-11,13,15H,3-9,12,14H2,1-2H3,(H2,20,22,24,25). The Morgan fingerprint density at radius 1 is 1.24 bits per heavy atom. The van der Waals surface area contributed by atoms with Crippen molar-refractivity contribution < 1.29 is 18.0 Å². The Morgan fingerprint density at radius 2 is 1.97 bits per heavy atom. The van der Waals surface area contributed by atoms with Gasteiger partial charge in [0.15, 0.2) is 0 Å². The predicted octanol–water partition coefficient (Wildman–Crippen LogP) is 2.75. The van der Waals surface area contributed by atoms with Gasteiger partial charge in [-0.3, -0.25) is 10.1 Å². The van der Waals surface area contributed by atoms with Gasteiger partial charge in [-0.25, -0.2) is 18.2 Å². The normalized spacial score (nSPS) is 15.3. The van der Waals surface area contributed by atoms with Crippen LogP contribution in [0.1, 0.15) is 51.9 Å². The fraction of sp³-hybridized carbons (Fsp3) is 0.632. The van der Waals surface area contributed by atoms with E-state index in [1.54, 1.807) is 13.1 Å². The minimum atomic E-state index is -3.58. The number of rotatable bonds is 9. The first-order chi connectivity index (χ1) is 13.8. The van der Waals surface area contributed by atoms with E-state index in [-0.39, 0.29) is 16.7 Å². The zero-order chi connectivity index (χ0) is 21.3. The maximum atomic E-state index is 12.8. The number of nitrogens with zero attached hydrogens (tertiary/aromatic N) is 2. The summed E-state index contributed by atoms with van der Waals surface area (Å²) in [5.74, 6) is -0.415. The average Bonchev–Trinajstić information content (AvgIpc) is 2.72. The van der Waals surface area contributed by atoms with Gasteiger partial charge < -0.3 is 5.32 Å². The van der Waals surface area contributed by atoms with Crippen LogP contribution in [0.4, 0.5) is 4.79 Å². The number of sulfonamides is 1. The summed E-state index contributed by atoms with van der Waals surface area (Å²) < 4.78 is 27.1. The third-order valence-corrected chi connectivity index (χ3v) is 7.73. The highest BCUT2D eigenvalue weighted by molar-refractivity contribution is 7.99. The van der Waals surface area contributed by atoms with Crippen LogP contribution in [0.3, 0.4) is 0 Å². The number of imide groups is 1. The van der Waals surface area contributed by atoms with Crippen molar-refractivity contribution in [3.8, 4) is 0 Å². The topological polar surface area (TPSA) is 108 Å². The summed E-state index contributed by atoms with van der Waals surface area (Å²) in [4.78, 5) is 27.7. The van der Waals surface area contributed by atoms with Gasteiger partial charge in [-0.1, -0.05) is 44.4 Å². The lowest BCUT2D eigenvalue weighted by Gasteiger charge is -2.30. The molecule has 0 bridgehead atoms. The molecular weight excluding hydrogens is 412 g/mol. The highest BCUT2D eigenvalue weighted by atomic mass is 32.2. The molecule has 1 aromatic rings. The Bertz CT molecular complexity index is 778. The number of hydrogen-bond donors (Lipinski definition) is 2. The van der Waals surface area contributed by atoms with E-state index in [1.807, 2.05) is 6.92 Å². The third-order valence-electron chi connectivity index (χ3n) is 4.90. The van der Waals surface area contributed by atoms with E-state index < -0.39 is 22.0 Å². The molecule has 0 spiro atoms. The third kappa shape index (κ3) is 7.27. The summed E-state index contributed by atoms with van der Waals surface area (Å²) >= 11 is 1.14. The molecule has 2 N–H and O–H groups in total. The molecule has 3 amide bonds. The zero-order valence-electron chi connectivity index (χ0n) is 17.0. The molecule has 1 fully saturated rings. The first kappa shape index (κ1) is 23.6. The van der Waals surface area contributed by atoms with Gasteiger partial charge in [-0.2, -0.15) is 4.31 Å². The molecule has 0 aromatic carbocycles. The average molecular weight is 443 g/mol. The van der Waals surface area contributed by atoms with E-state index in [9.17, 15) is 18.0 Å². The van der Waals surface area contributed by atoms with Gasteiger partial charge in [0, 0.05) is 25.8 Å². The maximum absolute atomic E-state index is 12.8. The van der Waals surface area contributed by atoms with Crippen molar-refractivity contribution in [1.29, 1.82) is 0 Å². The lowest BCUT2D eigenvalue weighted by atomic mass is 9.96. The van der Waals surface area contributed by atoms with Crippen molar-refractivity contribution in [2.24, 2.45) is 0 Å². The molecule has 162 valence electrons. The number of carbonyl (C=O) groups excluding carboxylic acids is 2. The number of unbranched alkanes of at least 4 members (excludes halogenated alkanes) is 1. The molecule has 2 rings (SSSR count). The fourth-order valence-electron chi connectivity index (χ4n) is 3.14. The number of carbonyl (C=O) groups is 2. The van der Waals surface area contributed by atoms with Crippen molar-refractivity contribution in [3.63, 3.8) is 0 Å². The van der Waals surface area contributed by atoms with E-state index in [1.165, 1.54) is 16.6 Å². The number of urea groups is 1. The van der Waals surface area contributed by atoms with E-state index >= 15 is 0 Å². The molecule has 8 nitrogen and oxygen atoms in total. The van der Waals surface area contributed by atoms with Crippen LogP contribution in [-0.4, -0.2) is 55.0 Å². The summed E-state index contributed by atoms with van der Waals surface area (Å²) in [6.45, 7) is 2.54. The molecule has 0 unspecified atom stereocenters. The Kier molecular flexibility index (Phi) is 9.38. The van der Waals surface area contributed by atoms with Gasteiger partial charge >= 0.3 is 6.03 Å². The maximum Gasteiger partial charge on any atom is 0.321 e. The minimum absolute atomic E-state index is 0.0161. The minimum Gasteiger partial charge on any atom is -0.338 e. The molecule has 0 radical (unpaired) electrons. The molecule has 10 heteroatoms. The smallest absolute Gasteiger partial charge is 0.321 e. The quantitative estimate of drug-likeness (QED) is 0.450. The first-order valence-electron chi connectivity index (χ1n) is 9.99. The molecule has 0 aliphatic heterocycles.